The Balaban J connectivity index is 2.43. The predicted octanol–water partition coefficient (Wildman–Crippen LogP) is 3.73. The van der Waals surface area contributed by atoms with Crippen molar-refractivity contribution in [2.24, 2.45) is 0 Å². The summed E-state index contributed by atoms with van der Waals surface area (Å²) in [5.41, 5.74) is 5.37. The molecule has 0 heterocycles. The second-order valence-electron chi connectivity index (χ2n) is 6.81. The highest BCUT2D eigenvalue weighted by Gasteiger charge is 2.24. The minimum Gasteiger partial charge on any atom is -0.493 e. The van der Waals surface area contributed by atoms with Crippen molar-refractivity contribution in [3.05, 3.63) is 45.5 Å². The van der Waals surface area contributed by atoms with Gasteiger partial charge in [0, 0.05) is 6.54 Å². The van der Waals surface area contributed by atoms with E-state index in [1.807, 2.05) is 34.6 Å². The van der Waals surface area contributed by atoms with E-state index in [1.165, 1.54) is 21.3 Å². The molecule has 0 amide bonds. The summed E-state index contributed by atoms with van der Waals surface area (Å²) in [6.07, 6.45) is 0. The summed E-state index contributed by atoms with van der Waals surface area (Å²) in [5, 5.41) is 0. The number of methoxy groups -OCH3 is 3. The van der Waals surface area contributed by atoms with E-state index in [1.54, 1.807) is 12.1 Å². The highest BCUT2D eigenvalue weighted by atomic mass is 32.2. The zero-order valence-corrected chi connectivity index (χ0v) is 18.6. The van der Waals surface area contributed by atoms with Gasteiger partial charge < -0.3 is 14.2 Å². The molecule has 0 fully saturated rings. The van der Waals surface area contributed by atoms with Crippen molar-refractivity contribution in [3.8, 4) is 17.2 Å². The first-order valence-electron chi connectivity index (χ1n) is 8.94. The first-order chi connectivity index (χ1) is 13.1. The summed E-state index contributed by atoms with van der Waals surface area (Å²) in [6, 6.07) is 3.46. The van der Waals surface area contributed by atoms with Crippen LogP contribution in [0.5, 0.6) is 17.2 Å². The van der Waals surface area contributed by atoms with Crippen LogP contribution in [0.3, 0.4) is 0 Å². The summed E-state index contributed by atoms with van der Waals surface area (Å²) in [6.45, 7) is 9.73. The van der Waals surface area contributed by atoms with E-state index < -0.39 is 10.0 Å². The molecule has 0 aliphatic carbocycles. The van der Waals surface area contributed by atoms with Crippen LogP contribution in [0, 0.1) is 34.6 Å². The molecular weight excluding hydrogens is 378 g/mol. The minimum atomic E-state index is -3.70. The smallest absolute Gasteiger partial charge is 0.241 e. The Hall–Kier alpha value is -2.25. The molecule has 2 aromatic carbocycles. The summed E-state index contributed by atoms with van der Waals surface area (Å²) in [4.78, 5) is 0.348. The van der Waals surface area contributed by atoms with Crippen LogP contribution in [-0.2, 0) is 16.6 Å². The largest absolute Gasteiger partial charge is 0.493 e. The minimum absolute atomic E-state index is 0.101. The number of rotatable bonds is 7. The van der Waals surface area contributed by atoms with Gasteiger partial charge in [-0.15, -0.1) is 0 Å². The summed E-state index contributed by atoms with van der Waals surface area (Å²) in [5.74, 6) is 1.42. The lowest BCUT2D eigenvalue weighted by atomic mass is 9.95. The van der Waals surface area contributed by atoms with Gasteiger partial charge in [-0.3, -0.25) is 0 Å². The van der Waals surface area contributed by atoms with Crippen molar-refractivity contribution in [1.82, 2.24) is 4.72 Å². The van der Waals surface area contributed by atoms with Crippen LogP contribution in [-0.4, -0.2) is 29.7 Å². The molecule has 2 aromatic rings. The van der Waals surface area contributed by atoms with Crippen molar-refractivity contribution in [3.63, 3.8) is 0 Å². The molecule has 28 heavy (non-hydrogen) atoms. The molecule has 7 heteroatoms. The number of benzene rings is 2. The quantitative estimate of drug-likeness (QED) is 0.757. The maximum Gasteiger partial charge on any atom is 0.241 e. The van der Waals surface area contributed by atoms with Gasteiger partial charge >= 0.3 is 0 Å². The summed E-state index contributed by atoms with van der Waals surface area (Å²) >= 11 is 0. The van der Waals surface area contributed by atoms with E-state index in [-0.39, 0.29) is 6.54 Å². The van der Waals surface area contributed by atoms with Crippen molar-refractivity contribution in [1.29, 1.82) is 0 Å². The zero-order chi connectivity index (χ0) is 21.2. The SMILES string of the molecule is COc1cc(CNS(=O)(=O)c2c(C)c(C)c(C)c(C)c2C)cc(OC)c1OC. The maximum atomic E-state index is 13.1. The third kappa shape index (κ3) is 3.95. The van der Waals surface area contributed by atoms with Crippen LogP contribution in [0.2, 0.25) is 0 Å². The normalized spacial score (nSPS) is 11.4. The lowest BCUT2D eigenvalue weighted by Crippen LogP contribution is -2.25. The van der Waals surface area contributed by atoms with Gasteiger partial charge in [0.15, 0.2) is 11.5 Å². The lowest BCUT2D eigenvalue weighted by molar-refractivity contribution is 0.323. The average molecular weight is 408 g/mol. The van der Waals surface area contributed by atoms with Gasteiger partial charge in [-0.1, -0.05) is 0 Å². The number of ether oxygens (including phenoxy) is 3. The summed E-state index contributed by atoms with van der Waals surface area (Å²) < 4.78 is 44.9. The van der Waals surface area contributed by atoms with E-state index >= 15 is 0 Å². The van der Waals surface area contributed by atoms with Crippen molar-refractivity contribution >= 4 is 10.0 Å². The van der Waals surface area contributed by atoms with Crippen LogP contribution in [0.25, 0.3) is 0 Å². The molecule has 6 nitrogen and oxygen atoms in total. The molecule has 2 rings (SSSR count). The van der Waals surface area contributed by atoms with Gasteiger partial charge in [0.2, 0.25) is 15.8 Å². The van der Waals surface area contributed by atoms with Crippen molar-refractivity contribution in [2.75, 3.05) is 21.3 Å². The molecular formula is C21H29NO5S. The highest BCUT2D eigenvalue weighted by Crippen LogP contribution is 2.38. The van der Waals surface area contributed by atoms with Crippen LogP contribution >= 0.6 is 0 Å². The second-order valence-corrected chi connectivity index (χ2v) is 8.52. The fourth-order valence-electron chi connectivity index (χ4n) is 3.36. The molecule has 0 spiro atoms. The van der Waals surface area contributed by atoms with Gasteiger partial charge in [0.25, 0.3) is 0 Å². The van der Waals surface area contributed by atoms with Crippen molar-refractivity contribution in [2.45, 2.75) is 46.1 Å². The van der Waals surface area contributed by atoms with E-state index in [0.717, 1.165) is 27.8 Å². The van der Waals surface area contributed by atoms with Gasteiger partial charge in [-0.25, -0.2) is 13.1 Å². The Kier molecular flexibility index (Phi) is 6.62. The molecule has 0 saturated carbocycles. The molecule has 0 atom stereocenters. The lowest BCUT2D eigenvalue weighted by Gasteiger charge is -2.19. The monoisotopic (exact) mass is 407 g/mol. The fraction of sp³-hybridized carbons (Fsp3) is 0.429. The molecule has 0 bridgehead atoms. The van der Waals surface area contributed by atoms with Crippen molar-refractivity contribution < 1.29 is 22.6 Å². The standard InChI is InChI=1S/C21H29NO5S/c1-12-13(2)15(4)21(16(5)14(12)3)28(23,24)22-11-17-9-18(25-6)20(27-8)19(10-17)26-7/h9-10,22H,11H2,1-8H3. The molecule has 0 saturated heterocycles. The van der Waals surface area contributed by atoms with Crippen LogP contribution < -0.4 is 18.9 Å². The highest BCUT2D eigenvalue weighted by molar-refractivity contribution is 7.89. The van der Waals surface area contributed by atoms with Gasteiger partial charge in [0.05, 0.1) is 26.2 Å². The van der Waals surface area contributed by atoms with Crippen LogP contribution in [0.4, 0.5) is 0 Å². The second kappa shape index (κ2) is 8.41. The Labute approximate surface area is 167 Å². The number of hydrogen-bond donors (Lipinski definition) is 1. The van der Waals surface area contributed by atoms with E-state index in [4.69, 9.17) is 14.2 Å². The van der Waals surface area contributed by atoms with Gasteiger partial charge in [-0.2, -0.15) is 0 Å². The maximum absolute atomic E-state index is 13.1. The topological polar surface area (TPSA) is 73.9 Å². The number of nitrogens with one attached hydrogen (secondary N) is 1. The Bertz CT molecular complexity index is 942. The Morgan fingerprint density at radius 1 is 0.750 bits per heavy atom. The van der Waals surface area contributed by atoms with E-state index in [2.05, 4.69) is 4.72 Å². The molecule has 0 aliphatic heterocycles. The molecule has 0 aliphatic rings. The van der Waals surface area contributed by atoms with E-state index in [9.17, 15) is 8.42 Å². The molecule has 0 radical (unpaired) electrons. The fourth-order valence-corrected chi connectivity index (χ4v) is 4.97. The van der Waals surface area contributed by atoms with Crippen LogP contribution in [0.1, 0.15) is 33.4 Å². The third-order valence-corrected chi connectivity index (χ3v) is 7.06. The summed E-state index contributed by atoms with van der Waals surface area (Å²) in [7, 11) is 0.872. The van der Waals surface area contributed by atoms with Gasteiger partial charge in [-0.05, 0) is 80.1 Å². The molecule has 0 aromatic heterocycles. The molecule has 0 unspecified atom stereocenters. The third-order valence-electron chi connectivity index (χ3n) is 5.39. The predicted molar refractivity (Wildman–Crippen MR) is 110 cm³/mol. The first-order valence-corrected chi connectivity index (χ1v) is 10.4. The Morgan fingerprint density at radius 2 is 1.18 bits per heavy atom. The average Bonchev–Trinajstić information content (AvgIpc) is 2.68. The first kappa shape index (κ1) is 22.0. The van der Waals surface area contributed by atoms with E-state index in [0.29, 0.717) is 27.7 Å². The number of sulfonamides is 1. The van der Waals surface area contributed by atoms with Crippen LogP contribution in [0.15, 0.2) is 17.0 Å². The molecule has 1 N–H and O–H groups in total. The Morgan fingerprint density at radius 3 is 1.57 bits per heavy atom. The number of hydrogen-bond acceptors (Lipinski definition) is 5. The van der Waals surface area contributed by atoms with Gasteiger partial charge in [0.1, 0.15) is 0 Å². The molecule has 154 valence electrons. The zero-order valence-electron chi connectivity index (χ0n) is 17.8.